The van der Waals surface area contributed by atoms with E-state index < -0.39 is 23.8 Å². The zero-order chi connectivity index (χ0) is 22.5. The molecule has 0 radical (unpaired) electrons. The molecule has 3 unspecified atom stereocenters. The number of nitrogens with zero attached hydrogens (tertiary/aromatic N) is 1. The first-order valence-corrected chi connectivity index (χ1v) is 11.3. The number of methoxy groups -OCH3 is 1. The van der Waals surface area contributed by atoms with Gasteiger partial charge >= 0.3 is 0 Å². The Labute approximate surface area is 186 Å². The summed E-state index contributed by atoms with van der Waals surface area (Å²) in [4.78, 5) is 51.1. The summed E-state index contributed by atoms with van der Waals surface area (Å²) in [5.74, 6) is -1.91. The van der Waals surface area contributed by atoms with Crippen molar-refractivity contribution in [1.82, 2.24) is 20.9 Å². The first kappa shape index (κ1) is 21.2. The fraction of sp³-hybridized carbons (Fsp3) is 0.565. The molecule has 3 heterocycles. The summed E-state index contributed by atoms with van der Waals surface area (Å²) >= 11 is 0. The lowest BCUT2D eigenvalue weighted by atomic mass is 9.57. The third-order valence-electron chi connectivity index (χ3n) is 7.70. The van der Waals surface area contributed by atoms with Gasteiger partial charge in [-0.05, 0) is 50.4 Å². The second-order valence-corrected chi connectivity index (χ2v) is 9.16. The predicted octanol–water partition coefficient (Wildman–Crippen LogP) is 0.335. The van der Waals surface area contributed by atoms with Crippen LogP contribution < -0.4 is 16.0 Å². The molecule has 1 saturated carbocycles. The standard InChI is InChI=1S/C23H28N4O5/c1-32-17-11-16(23(17)7-9-24-10-8-23)25-12-13-3-2-4-14-19(13)22(31)27(21(14)30)15-5-6-18(28)26-20(15)29/h2-4,15-17,24-25H,5-12H2,1H3,(H,26,28,29). The van der Waals surface area contributed by atoms with Gasteiger partial charge in [0.1, 0.15) is 6.04 Å². The van der Waals surface area contributed by atoms with E-state index in [0.29, 0.717) is 17.7 Å². The van der Waals surface area contributed by atoms with Gasteiger partial charge in [0.25, 0.3) is 11.8 Å². The van der Waals surface area contributed by atoms with Gasteiger partial charge in [-0.15, -0.1) is 0 Å². The summed E-state index contributed by atoms with van der Waals surface area (Å²) in [5.41, 5.74) is 1.52. The van der Waals surface area contributed by atoms with Crippen molar-refractivity contribution in [1.29, 1.82) is 0 Å². The summed E-state index contributed by atoms with van der Waals surface area (Å²) < 4.78 is 5.73. The Morgan fingerprint density at radius 1 is 1.16 bits per heavy atom. The van der Waals surface area contributed by atoms with E-state index in [2.05, 4.69) is 16.0 Å². The Bertz CT molecular complexity index is 987. The highest BCUT2D eigenvalue weighted by Crippen LogP contribution is 2.49. The van der Waals surface area contributed by atoms with Gasteiger partial charge < -0.3 is 15.4 Å². The van der Waals surface area contributed by atoms with Crippen LogP contribution in [0.25, 0.3) is 0 Å². The zero-order valence-electron chi connectivity index (χ0n) is 18.1. The number of piperidine rings is 2. The molecule has 9 heteroatoms. The molecule has 2 saturated heterocycles. The lowest BCUT2D eigenvalue weighted by Crippen LogP contribution is -2.66. The first-order chi connectivity index (χ1) is 15.5. The third kappa shape index (κ3) is 3.18. The highest BCUT2D eigenvalue weighted by atomic mass is 16.5. The molecule has 1 spiro atoms. The Kier molecular flexibility index (Phi) is 5.35. The summed E-state index contributed by atoms with van der Waals surface area (Å²) in [6.45, 7) is 2.39. The number of hydrogen-bond donors (Lipinski definition) is 3. The van der Waals surface area contributed by atoms with Gasteiger partial charge in [0.15, 0.2) is 0 Å². The molecule has 1 aromatic carbocycles. The lowest BCUT2D eigenvalue weighted by Gasteiger charge is -2.57. The van der Waals surface area contributed by atoms with E-state index in [1.54, 1.807) is 19.2 Å². The Balaban J connectivity index is 1.35. The maximum absolute atomic E-state index is 13.3. The fourth-order valence-electron chi connectivity index (χ4n) is 5.89. The van der Waals surface area contributed by atoms with Gasteiger partial charge in [-0.3, -0.25) is 29.4 Å². The number of ether oxygens (including phenoxy) is 1. The minimum absolute atomic E-state index is 0.0938. The maximum Gasteiger partial charge on any atom is 0.262 e. The summed E-state index contributed by atoms with van der Waals surface area (Å²) in [5, 5.41) is 9.26. The number of benzene rings is 1. The highest BCUT2D eigenvalue weighted by molar-refractivity contribution is 6.24. The molecule has 3 atom stereocenters. The molecule has 9 nitrogen and oxygen atoms in total. The second kappa shape index (κ2) is 8.06. The lowest BCUT2D eigenvalue weighted by molar-refractivity contribution is -0.136. The number of imide groups is 2. The average Bonchev–Trinajstić information content (AvgIpc) is 3.04. The van der Waals surface area contributed by atoms with E-state index in [1.165, 1.54) is 0 Å². The molecule has 3 fully saturated rings. The van der Waals surface area contributed by atoms with Gasteiger partial charge in [-0.2, -0.15) is 0 Å². The van der Waals surface area contributed by atoms with E-state index in [0.717, 1.165) is 42.8 Å². The summed E-state index contributed by atoms with van der Waals surface area (Å²) in [7, 11) is 1.77. The van der Waals surface area contributed by atoms with Crippen LogP contribution >= 0.6 is 0 Å². The quantitative estimate of drug-likeness (QED) is 0.565. The molecule has 1 aromatic rings. The highest BCUT2D eigenvalue weighted by Gasteiger charge is 2.55. The van der Waals surface area contributed by atoms with Crippen molar-refractivity contribution in [3.63, 3.8) is 0 Å². The van der Waals surface area contributed by atoms with E-state index in [4.69, 9.17) is 4.74 Å². The molecule has 170 valence electrons. The van der Waals surface area contributed by atoms with Crippen molar-refractivity contribution in [2.75, 3.05) is 20.2 Å². The smallest absolute Gasteiger partial charge is 0.262 e. The Hall–Kier alpha value is -2.62. The van der Waals surface area contributed by atoms with Crippen LogP contribution in [0.5, 0.6) is 0 Å². The van der Waals surface area contributed by atoms with Crippen LogP contribution in [0.2, 0.25) is 0 Å². The zero-order valence-corrected chi connectivity index (χ0v) is 18.1. The maximum atomic E-state index is 13.3. The third-order valence-corrected chi connectivity index (χ3v) is 7.70. The Morgan fingerprint density at radius 3 is 2.66 bits per heavy atom. The minimum atomic E-state index is -0.951. The largest absolute Gasteiger partial charge is 0.381 e. The van der Waals surface area contributed by atoms with Crippen LogP contribution in [0.15, 0.2) is 18.2 Å². The van der Waals surface area contributed by atoms with Gasteiger partial charge in [-0.1, -0.05) is 12.1 Å². The average molecular weight is 441 g/mol. The molecular weight excluding hydrogens is 412 g/mol. The monoisotopic (exact) mass is 440 g/mol. The number of rotatable bonds is 5. The van der Waals surface area contributed by atoms with E-state index >= 15 is 0 Å². The SMILES string of the molecule is COC1CC(NCc2cccc3c2C(=O)N(C2CCC(=O)NC2=O)C3=O)C12CCNCC2. The van der Waals surface area contributed by atoms with Gasteiger partial charge in [0, 0.05) is 31.5 Å². The number of nitrogens with one attached hydrogen (secondary N) is 3. The molecule has 0 bridgehead atoms. The van der Waals surface area contributed by atoms with Gasteiger partial charge in [0.2, 0.25) is 11.8 Å². The van der Waals surface area contributed by atoms with E-state index in [9.17, 15) is 19.2 Å². The van der Waals surface area contributed by atoms with Crippen LogP contribution in [0.4, 0.5) is 0 Å². The molecular formula is C23H28N4O5. The van der Waals surface area contributed by atoms with Crippen molar-refractivity contribution in [2.45, 2.75) is 56.8 Å². The van der Waals surface area contributed by atoms with Crippen LogP contribution in [-0.4, -0.2) is 66.9 Å². The molecule has 4 aliphatic rings. The van der Waals surface area contributed by atoms with Crippen molar-refractivity contribution in [2.24, 2.45) is 5.41 Å². The molecule has 1 aliphatic carbocycles. The normalized spacial score (nSPS) is 29.2. The second-order valence-electron chi connectivity index (χ2n) is 9.16. The Morgan fingerprint density at radius 2 is 1.94 bits per heavy atom. The number of carbonyl (C=O) groups excluding carboxylic acids is 4. The van der Waals surface area contributed by atoms with E-state index in [-0.39, 0.29) is 36.3 Å². The molecule has 0 aromatic heterocycles. The fourth-order valence-corrected chi connectivity index (χ4v) is 5.89. The van der Waals surface area contributed by atoms with Crippen LogP contribution in [-0.2, 0) is 20.9 Å². The van der Waals surface area contributed by atoms with Crippen molar-refractivity contribution >= 4 is 23.6 Å². The number of amides is 4. The summed E-state index contributed by atoms with van der Waals surface area (Å²) in [6.07, 6.45) is 3.49. The topological polar surface area (TPSA) is 117 Å². The molecule has 32 heavy (non-hydrogen) atoms. The number of hydrogen-bond acceptors (Lipinski definition) is 7. The predicted molar refractivity (Wildman–Crippen MR) is 114 cm³/mol. The number of fused-ring (bicyclic) bond motifs is 1. The van der Waals surface area contributed by atoms with Gasteiger partial charge in [0.05, 0.1) is 17.2 Å². The number of carbonyl (C=O) groups is 4. The molecule has 4 amide bonds. The van der Waals surface area contributed by atoms with Crippen molar-refractivity contribution < 1.29 is 23.9 Å². The molecule has 3 N–H and O–H groups in total. The molecule has 5 rings (SSSR count). The van der Waals surface area contributed by atoms with Crippen LogP contribution in [0, 0.1) is 5.41 Å². The van der Waals surface area contributed by atoms with Crippen molar-refractivity contribution in [3.8, 4) is 0 Å². The van der Waals surface area contributed by atoms with E-state index in [1.807, 2.05) is 6.07 Å². The van der Waals surface area contributed by atoms with Gasteiger partial charge in [-0.25, -0.2) is 0 Å². The minimum Gasteiger partial charge on any atom is -0.381 e. The van der Waals surface area contributed by atoms with Crippen LogP contribution in [0.1, 0.15) is 58.4 Å². The summed E-state index contributed by atoms with van der Waals surface area (Å²) in [6, 6.07) is 4.58. The molecule has 3 aliphatic heterocycles. The first-order valence-electron chi connectivity index (χ1n) is 11.3. The van der Waals surface area contributed by atoms with Crippen molar-refractivity contribution in [3.05, 3.63) is 34.9 Å². The van der Waals surface area contributed by atoms with Crippen LogP contribution in [0.3, 0.4) is 0 Å².